The van der Waals surface area contributed by atoms with E-state index in [0.717, 1.165) is 16.8 Å². The number of benzene rings is 2. The molecular formula is C18H18F2N6O3. The highest BCUT2D eigenvalue weighted by Crippen LogP contribution is 2.19. The number of carbonyl (C=O) groups is 1. The van der Waals surface area contributed by atoms with Gasteiger partial charge in [-0.2, -0.15) is 9.36 Å². The number of halogens is 2. The first-order valence-electron chi connectivity index (χ1n) is 8.61. The Hall–Kier alpha value is -3.60. The monoisotopic (exact) mass is 404 g/mol. The maximum Gasteiger partial charge on any atom is 0.370 e. The minimum Gasteiger partial charge on any atom is -0.349 e. The van der Waals surface area contributed by atoms with Crippen LogP contribution in [0.15, 0.2) is 47.3 Å². The summed E-state index contributed by atoms with van der Waals surface area (Å²) >= 11 is 0. The number of anilines is 1. The lowest BCUT2D eigenvalue weighted by Crippen LogP contribution is -2.38. The number of para-hydroxylation sites is 1. The van der Waals surface area contributed by atoms with Gasteiger partial charge in [0.25, 0.3) is 5.91 Å². The van der Waals surface area contributed by atoms with Crippen molar-refractivity contribution in [2.24, 2.45) is 0 Å². The average molecular weight is 404 g/mol. The fraction of sp³-hybridized carbons (Fsp3) is 0.222. The van der Waals surface area contributed by atoms with Crippen molar-refractivity contribution in [1.29, 1.82) is 0 Å². The molecule has 3 rings (SSSR count). The summed E-state index contributed by atoms with van der Waals surface area (Å²) in [5.74, 6) is -2.52. The summed E-state index contributed by atoms with van der Waals surface area (Å²) in [4.78, 5) is 25.8. The lowest BCUT2D eigenvalue weighted by atomic mass is 10.1. The van der Waals surface area contributed by atoms with Crippen LogP contribution >= 0.6 is 0 Å². The van der Waals surface area contributed by atoms with E-state index >= 15 is 0 Å². The van der Waals surface area contributed by atoms with E-state index in [-0.39, 0.29) is 18.3 Å². The third-order valence-corrected chi connectivity index (χ3v) is 4.26. The third-order valence-electron chi connectivity index (χ3n) is 4.26. The topological polar surface area (TPSA) is 105 Å². The van der Waals surface area contributed by atoms with Crippen LogP contribution in [0.1, 0.15) is 24.2 Å². The quantitative estimate of drug-likeness (QED) is 0.479. The molecule has 0 spiro atoms. The van der Waals surface area contributed by atoms with Crippen LogP contribution in [0.25, 0.3) is 5.69 Å². The van der Waals surface area contributed by atoms with Gasteiger partial charge in [-0.05, 0) is 60.7 Å². The van der Waals surface area contributed by atoms with E-state index < -0.39 is 28.9 Å². The minimum atomic E-state index is -0.933. The SMILES string of the molecule is CC(C)N(Cn1nnn(-c2c(F)cccc2F)c1=O)c1ccc(C(=O)NO)cc1. The van der Waals surface area contributed by atoms with Crippen LogP contribution in [0.3, 0.4) is 0 Å². The summed E-state index contributed by atoms with van der Waals surface area (Å²) < 4.78 is 29.5. The molecule has 3 aromatic rings. The summed E-state index contributed by atoms with van der Waals surface area (Å²) in [5, 5.41) is 16.0. The molecule has 0 saturated heterocycles. The number of carbonyl (C=O) groups excluding carboxylic acids is 1. The van der Waals surface area contributed by atoms with Gasteiger partial charge in [0, 0.05) is 17.3 Å². The highest BCUT2D eigenvalue weighted by atomic mass is 19.1. The van der Waals surface area contributed by atoms with Crippen LogP contribution in [0, 0.1) is 11.6 Å². The summed E-state index contributed by atoms with van der Waals surface area (Å²) in [6, 6.07) is 9.42. The van der Waals surface area contributed by atoms with E-state index in [9.17, 15) is 18.4 Å². The number of amides is 1. The van der Waals surface area contributed by atoms with Crippen LogP contribution in [0.4, 0.5) is 14.5 Å². The highest BCUT2D eigenvalue weighted by molar-refractivity contribution is 5.93. The Balaban J connectivity index is 1.92. The molecule has 0 atom stereocenters. The number of hydrogen-bond acceptors (Lipinski definition) is 6. The van der Waals surface area contributed by atoms with Crippen LogP contribution in [0.5, 0.6) is 0 Å². The Morgan fingerprint density at radius 3 is 2.31 bits per heavy atom. The predicted octanol–water partition coefficient (Wildman–Crippen LogP) is 1.70. The van der Waals surface area contributed by atoms with Gasteiger partial charge in [-0.25, -0.2) is 19.1 Å². The molecule has 0 fully saturated rings. The normalized spacial score (nSPS) is 11.0. The molecule has 2 N–H and O–H groups in total. The summed E-state index contributed by atoms with van der Waals surface area (Å²) in [6.07, 6.45) is 0. The van der Waals surface area contributed by atoms with Gasteiger partial charge in [0.05, 0.1) is 0 Å². The van der Waals surface area contributed by atoms with Crippen molar-refractivity contribution in [2.45, 2.75) is 26.6 Å². The molecule has 0 aliphatic heterocycles. The Bertz CT molecular complexity index is 1060. The Morgan fingerprint density at radius 2 is 1.76 bits per heavy atom. The van der Waals surface area contributed by atoms with E-state index in [0.29, 0.717) is 10.4 Å². The fourth-order valence-corrected chi connectivity index (χ4v) is 2.75. The zero-order chi connectivity index (χ0) is 21.1. The standard InChI is InChI=1S/C18H18F2N6O3/c1-11(2)24(13-8-6-12(7-9-13)17(27)21-29)10-25-18(28)26(23-22-25)16-14(19)4-3-5-15(16)20/h3-9,11,29H,10H2,1-2H3,(H,21,27). The van der Waals surface area contributed by atoms with Gasteiger partial charge in [-0.15, -0.1) is 0 Å². The van der Waals surface area contributed by atoms with Crippen molar-refractivity contribution in [3.8, 4) is 5.69 Å². The van der Waals surface area contributed by atoms with Crippen molar-refractivity contribution < 1.29 is 18.8 Å². The number of nitrogens with zero attached hydrogens (tertiary/aromatic N) is 5. The van der Waals surface area contributed by atoms with E-state index in [1.807, 2.05) is 13.8 Å². The van der Waals surface area contributed by atoms with Gasteiger partial charge in [0.15, 0.2) is 11.6 Å². The Kier molecular flexibility index (Phi) is 5.69. The lowest BCUT2D eigenvalue weighted by Gasteiger charge is -2.28. The maximum atomic E-state index is 14.0. The van der Waals surface area contributed by atoms with Gasteiger partial charge in [-0.3, -0.25) is 10.0 Å². The molecule has 0 saturated carbocycles. The molecule has 0 bridgehead atoms. The molecule has 1 amide bonds. The molecule has 29 heavy (non-hydrogen) atoms. The zero-order valence-corrected chi connectivity index (χ0v) is 15.6. The molecule has 0 aliphatic carbocycles. The Morgan fingerprint density at radius 1 is 1.14 bits per heavy atom. The van der Waals surface area contributed by atoms with Crippen LogP contribution in [-0.2, 0) is 6.67 Å². The van der Waals surface area contributed by atoms with Gasteiger partial charge in [0.2, 0.25) is 0 Å². The number of tetrazole rings is 1. The molecule has 9 nitrogen and oxygen atoms in total. The number of rotatable bonds is 6. The first-order chi connectivity index (χ1) is 13.8. The smallest absolute Gasteiger partial charge is 0.349 e. The van der Waals surface area contributed by atoms with Crippen molar-refractivity contribution in [3.05, 3.63) is 70.1 Å². The lowest BCUT2D eigenvalue weighted by molar-refractivity contribution is 0.0706. The van der Waals surface area contributed by atoms with Crippen molar-refractivity contribution in [3.63, 3.8) is 0 Å². The van der Waals surface area contributed by atoms with E-state index in [1.165, 1.54) is 18.2 Å². The maximum absolute atomic E-state index is 14.0. The second kappa shape index (κ2) is 8.19. The number of nitrogens with one attached hydrogen (secondary N) is 1. The minimum absolute atomic E-state index is 0.0435. The first-order valence-corrected chi connectivity index (χ1v) is 8.61. The van der Waals surface area contributed by atoms with Crippen molar-refractivity contribution in [2.75, 3.05) is 4.90 Å². The summed E-state index contributed by atoms with van der Waals surface area (Å²) in [5.41, 5.74) is 1.05. The van der Waals surface area contributed by atoms with E-state index in [4.69, 9.17) is 5.21 Å². The molecule has 1 heterocycles. The van der Waals surface area contributed by atoms with Gasteiger partial charge in [-0.1, -0.05) is 6.07 Å². The second-order valence-corrected chi connectivity index (χ2v) is 6.44. The molecule has 152 valence electrons. The van der Waals surface area contributed by atoms with Crippen LogP contribution in [0.2, 0.25) is 0 Å². The largest absolute Gasteiger partial charge is 0.370 e. The fourth-order valence-electron chi connectivity index (χ4n) is 2.75. The Labute approximate surface area is 163 Å². The molecular weight excluding hydrogens is 386 g/mol. The number of hydroxylamine groups is 1. The van der Waals surface area contributed by atoms with Gasteiger partial charge < -0.3 is 4.90 Å². The van der Waals surface area contributed by atoms with Gasteiger partial charge in [0.1, 0.15) is 12.4 Å². The van der Waals surface area contributed by atoms with E-state index in [2.05, 4.69) is 10.4 Å². The first kappa shape index (κ1) is 20.1. The molecule has 0 radical (unpaired) electrons. The van der Waals surface area contributed by atoms with Crippen LogP contribution in [-0.4, -0.2) is 36.9 Å². The molecule has 0 unspecified atom stereocenters. The van der Waals surface area contributed by atoms with Crippen molar-refractivity contribution in [1.82, 2.24) is 25.3 Å². The summed E-state index contributed by atoms with van der Waals surface area (Å²) in [6.45, 7) is 3.71. The predicted molar refractivity (Wildman–Crippen MR) is 98.8 cm³/mol. The van der Waals surface area contributed by atoms with Gasteiger partial charge >= 0.3 is 5.69 Å². The molecule has 11 heteroatoms. The van der Waals surface area contributed by atoms with Crippen molar-refractivity contribution >= 4 is 11.6 Å². The zero-order valence-electron chi connectivity index (χ0n) is 15.6. The molecule has 2 aromatic carbocycles. The second-order valence-electron chi connectivity index (χ2n) is 6.44. The molecule has 1 aromatic heterocycles. The molecule has 0 aliphatic rings. The van der Waals surface area contributed by atoms with Crippen LogP contribution < -0.4 is 16.1 Å². The number of hydrogen-bond donors (Lipinski definition) is 2. The van der Waals surface area contributed by atoms with E-state index in [1.54, 1.807) is 22.5 Å². The average Bonchev–Trinajstić information content (AvgIpc) is 3.05. The highest BCUT2D eigenvalue weighted by Gasteiger charge is 2.20. The number of aromatic nitrogens is 4. The third kappa shape index (κ3) is 3.99. The summed E-state index contributed by atoms with van der Waals surface area (Å²) in [7, 11) is 0.